The van der Waals surface area contributed by atoms with Gasteiger partial charge in [-0.05, 0) is 29.8 Å². The number of hydrogen-bond acceptors (Lipinski definition) is 5. The number of ether oxygens (including phenoxy) is 2. The number of hydrogen-bond donors (Lipinski definition) is 0. The zero-order valence-corrected chi connectivity index (χ0v) is 14.6. The van der Waals surface area contributed by atoms with Crippen molar-refractivity contribution < 1.29 is 9.47 Å². The van der Waals surface area contributed by atoms with Gasteiger partial charge in [0.15, 0.2) is 0 Å². The van der Waals surface area contributed by atoms with Gasteiger partial charge in [0.25, 0.3) is 0 Å². The third-order valence-electron chi connectivity index (χ3n) is 5.27. The highest BCUT2D eigenvalue weighted by Crippen LogP contribution is 2.51. The van der Waals surface area contributed by atoms with Gasteiger partial charge in [-0.25, -0.2) is 4.98 Å². The van der Waals surface area contributed by atoms with Crippen molar-refractivity contribution in [2.75, 3.05) is 25.2 Å². The molecule has 1 aromatic carbocycles. The summed E-state index contributed by atoms with van der Waals surface area (Å²) in [7, 11) is 1.65. The molecule has 5 rings (SSSR count). The summed E-state index contributed by atoms with van der Waals surface area (Å²) in [4.78, 5) is 11.6. The van der Waals surface area contributed by atoms with Gasteiger partial charge in [-0.1, -0.05) is 24.3 Å². The largest absolute Gasteiger partial charge is 0.490 e. The second-order valence-electron chi connectivity index (χ2n) is 6.77. The average molecular weight is 345 g/mol. The van der Waals surface area contributed by atoms with Gasteiger partial charge in [0.1, 0.15) is 18.1 Å². The molecule has 4 heterocycles. The van der Waals surface area contributed by atoms with Gasteiger partial charge in [-0.2, -0.15) is 0 Å². The van der Waals surface area contributed by atoms with Crippen LogP contribution < -0.4 is 14.4 Å². The fraction of sp³-hybridized carbons (Fsp3) is 0.238. The molecule has 0 radical (unpaired) electrons. The number of benzene rings is 1. The lowest BCUT2D eigenvalue weighted by Gasteiger charge is -2.24. The van der Waals surface area contributed by atoms with Crippen molar-refractivity contribution in [2.45, 2.75) is 12.0 Å². The van der Waals surface area contributed by atoms with E-state index in [-0.39, 0.29) is 5.41 Å². The van der Waals surface area contributed by atoms with E-state index in [2.05, 4.69) is 40.2 Å². The van der Waals surface area contributed by atoms with Crippen LogP contribution in [0.25, 0.3) is 0 Å². The topological polar surface area (TPSA) is 47.5 Å². The van der Waals surface area contributed by atoms with Crippen molar-refractivity contribution in [3.63, 3.8) is 0 Å². The molecule has 2 aromatic heterocycles. The number of nitrogens with zero attached hydrogens (tertiary/aromatic N) is 3. The lowest BCUT2D eigenvalue weighted by atomic mass is 9.81. The predicted octanol–water partition coefficient (Wildman–Crippen LogP) is 3.18. The maximum absolute atomic E-state index is 6.03. The number of anilines is 1. The van der Waals surface area contributed by atoms with Crippen LogP contribution >= 0.6 is 0 Å². The first-order chi connectivity index (χ1) is 12.8. The van der Waals surface area contributed by atoms with Crippen LogP contribution in [0.5, 0.6) is 11.6 Å². The number of pyridine rings is 2. The Bertz CT molecular complexity index is 960. The second-order valence-corrected chi connectivity index (χ2v) is 6.77. The fourth-order valence-electron chi connectivity index (χ4n) is 4.08. The van der Waals surface area contributed by atoms with E-state index in [9.17, 15) is 0 Å². The third kappa shape index (κ3) is 2.17. The summed E-state index contributed by atoms with van der Waals surface area (Å²) in [6.45, 7) is 2.17. The lowest BCUT2D eigenvalue weighted by Crippen LogP contribution is -2.36. The molecule has 2 aliphatic rings. The number of para-hydroxylation sites is 1. The summed E-state index contributed by atoms with van der Waals surface area (Å²) in [5.41, 5.74) is 4.23. The molecule has 3 aromatic rings. The highest BCUT2D eigenvalue weighted by molar-refractivity contribution is 5.68. The number of fused-ring (bicyclic) bond motifs is 4. The molecule has 2 aliphatic heterocycles. The van der Waals surface area contributed by atoms with Gasteiger partial charge in [0, 0.05) is 24.5 Å². The van der Waals surface area contributed by atoms with Gasteiger partial charge >= 0.3 is 0 Å². The van der Waals surface area contributed by atoms with Crippen LogP contribution in [0.4, 0.5) is 5.69 Å². The van der Waals surface area contributed by atoms with Gasteiger partial charge in [-0.15, -0.1) is 0 Å². The maximum atomic E-state index is 6.03. The van der Waals surface area contributed by atoms with E-state index >= 15 is 0 Å². The molecule has 0 amide bonds. The van der Waals surface area contributed by atoms with Crippen molar-refractivity contribution in [1.29, 1.82) is 0 Å². The van der Waals surface area contributed by atoms with Crippen LogP contribution in [0.15, 0.2) is 60.8 Å². The van der Waals surface area contributed by atoms with Crippen LogP contribution in [0.3, 0.4) is 0 Å². The average Bonchev–Trinajstić information content (AvgIpc) is 3.22. The van der Waals surface area contributed by atoms with E-state index in [0.29, 0.717) is 12.5 Å². The number of aromatic nitrogens is 2. The van der Waals surface area contributed by atoms with Gasteiger partial charge in [0.2, 0.25) is 5.88 Å². The van der Waals surface area contributed by atoms with Crippen LogP contribution in [-0.2, 0) is 12.0 Å². The van der Waals surface area contributed by atoms with Crippen molar-refractivity contribution in [2.24, 2.45) is 0 Å². The Balaban J connectivity index is 1.60. The van der Waals surface area contributed by atoms with E-state index < -0.39 is 0 Å². The van der Waals surface area contributed by atoms with Crippen molar-refractivity contribution >= 4 is 5.69 Å². The minimum Gasteiger partial charge on any atom is -0.490 e. The quantitative estimate of drug-likeness (QED) is 0.730. The highest BCUT2D eigenvalue weighted by atomic mass is 16.5. The first kappa shape index (κ1) is 15.2. The first-order valence-corrected chi connectivity index (χ1v) is 8.73. The standard InChI is InChI=1S/C21H19N3O2/c1-25-19-10-9-18-20(23-19)21(14-26-18)13-24(12-15-6-4-5-11-22-15)17-8-3-2-7-16(17)21/h2-11H,12-14H2,1H3. The molecule has 5 heteroatoms. The van der Waals surface area contributed by atoms with E-state index in [1.807, 2.05) is 30.5 Å². The molecule has 0 saturated carbocycles. The Labute approximate surface area is 152 Å². The van der Waals surface area contributed by atoms with Gasteiger partial charge < -0.3 is 14.4 Å². The van der Waals surface area contributed by atoms with E-state index in [1.54, 1.807) is 7.11 Å². The van der Waals surface area contributed by atoms with Crippen LogP contribution in [0.1, 0.15) is 17.0 Å². The molecule has 0 fully saturated rings. The molecule has 0 aliphatic carbocycles. The Hall–Kier alpha value is -3.08. The predicted molar refractivity (Wildman–Crippen MR) is 98.8 cm³/mol. The Morgan fingerprint density at radius 1 is 1.12 bits per heavy atom. The third-order valence-corrected chi connectivity index (χ3v) is 5.27. The lowest BCUT2D eigenvalue weighted by molar-refractivity contribution is 0.298. The second kappa shape index (κ2) is 5.73. The molecule has 5 nitrogen and oxygen atoms in total. The summed E-state index contributed by atoms with van der Waals surface area (Å²) >= 11 is 0. The number of methoxy groups -OCH3 is 1. The SMILES string of the molecule is COc1ccc2c(n1)C1(CO2)CN(Cc2ccccn2)c2ccccc21. The molecule has 26 heavy (non-hydrogen) atoms. The Morgan fingerprint density at radius 3 is 2.85 bits per heavy atom. The van der Waals surface area contributed by atoms with Crippen molar-refractivity contribution in [1.82, 2.24) is 9.97 Å². The van der Waals surface area contributed by atoms with Crippen molar-refractivity contribution in [3.8, 4) is 11.6 Å². The number of rotatable bonds is 3. The normalized spacial score (nSPS) is 20.0. The minimum atomic E-state index is -0.269. The zero-order chi connectivity index (χ0) is 17.6. The van der Waals surface area contributed by atoms with E-state index in [1.165, 1.54) is 11.3 Å². The monoisotopic (exact) mass is 345 g/mol. The fourth-order valence-corrected chi connectivity index (χ4v) is 4.08. The molecule has 0 saturated heterocycles. The van der Waals surface area contributed by atoms with Crippen LogP contribution in [0.2, 0.25) is 0 Å². The molecular weight excluding hydrogens is 326 g/mol. The molecule has 130 valence electrons. The Morgan fingerprint density at radius 2 is 2.00 bits per heavy atom. The zero-order valence-electron chi connectivity index (χ0n) is 14.6. The summed E-state index contributed by atoms with van der Waals surface area (Å²) < 4.78 is 11.4. The molecular formula is C21H19N3O2. The summed E-state index contributed by atoms with van der Waals surface area (Å²) in [6, 6.07) is 18.4. The summed E-state index contributed by atoms with van der Waals surface area (Å²) in [5.74, 6) is 1.47. The highest BCUT2D eigenvalue weighted by Gasteiger charge is 2.51. The first-order valence-electron chi connectivity index (χ1n) is 8.73. The maximum Gasteiger partial charge on any atom is 0.213 e. The molecule has 0 bridgehead atoms. The van der Waals surface area contributed by atoms with E-state index in [0.717, 1.165) is 30.2 Å². The van der Waals surface area contributed by atoms with Crippen LogP contribution in [0, 0.1) is 0 Å². The molecule has 1 atom stereocenters. The summed E-state index contributed by atoms with van der Waals surface area (Å²) in [5, 5.41) is 0. The summed E-state index contributed by atoms with van der Waals surface area (Å²) in [6.07, 6.45) is 1.84. The smallest absolute Gasteiger partial charge is 0.213 e. The van der Waals surface area contributed by atoms with Gasteiger partial charge in [0.05, 0.1) is 24.8 Å². The minimum absolute atomic E-state index is 0.269. The Kier molecular flexibility index (Phi) is 3.35. The van der Waals surface area contributed by atoms with Gasteiger partial charge in [-0.3, -0.25) is 4.98 Å². The van der Waals surface area contributed by atoms with Crippen LogP contribution in [-0.4, -0.2) is 30.2 Å². The van der Waals surface area contributed by atoms with E-state index in [4.69, 9.17) is 14.5 Å². The molecule has 1 spiro atoms. The molecule has 1 unspecified atom stereocenters. The van der Waals surface area contributed by atoms with Crippen molar-refractivity contribution in [3.05, 3.63) is 77.7 Å². The molecule has 0 N–H and O–H groups in total.